The van der Waals surface area contributed by atoms with E-state index in [-0.39, 0.29) is 0 Å². The van der Waals surface area contributed by atoms with Crippen LogP contribution in [0.1, 0.15) is 0 Å². The Bertz CT molecular complexity index is 10900. The lowest BCUT2D eigenvalue weighted by Crippen LogP contribution is -1.97. The monoisotopic (exact) mass is 1900 g/mol. The zero-order valence-corrected chi connectivity index (χ0v) is 80.9. The molecule has 0 radical (unpaired) electrons. The van der Waals surface area contributed by atoms with E-state index in [0.29, 0.717) is 0 Å². The second-order valence-corrected chi connectivity index (χ2v) is 41.1. The number of thiophene rings is 3. The van der Waals surface area contributed by atoms with E-state index < -0.39 is 0 Å². The molecule has 0 aliphatic heterocycles. The third-order valence-corrected chi connectivity index (χ3v) is 33.7. The molecule has 32 rings (SSSR count). The molecular weight excluding hydrogens is 1810 g/mol. The highest BCUT2D eigenvalue weighted by molar-refractivity contribution is 7.27. The SMILES string of the molecule is c1ccc(-c2c3c4ccccc4n(-c4ccccc4)c3cc3c2c2ccccc2n3-c2ccc(-c3cccc4c3sc3ccccc34)cc2)cc1.c1ccc(-n2c3ccccc3c3c4c5ccccc5n(-c5ccc(-c6cccc7c6sc6ccccc67)c6ccccc56)c4ccc32)cc1.c1ccc(-n2c3ccccc3c3cc4c5ccccc5n(-c5ccc(-c6cccc7sc8ccccc8c67)cc5)c4cc32)cc1. The Morgan fingerprint density at radius 2 is 0.455 bits per heavy atom. The van der Waals surface area contributed by atoms with E-state index in [4.69, 9.17) is 0 Å². The normalized spacial score (nSPS) is 12.0. The Hall–Kier alpha value is -18.2. The summed E-state index contributed by atoms with van der Waals surface area (Å²) in [4.78, 5) is 0. The van der Waals surface area contributed by atoms with Crippen LogP contribution in [0.3, 0.4) is 0 Å². The van der Waals surface area contributed by atoms with Crippen molar-refractivity contribution >= 4 is 236 Å². The van der Waals surface area contributed by atoms with Crippen LogP contribution in [0.25, 0.3) is 281 Å². The molecule has 6 nitrogen and oxygen atoms in total. The Balaban J connectivity index is 0.000000101. The average molecular weight is 1900 g/mol. The lowest BCUT2D eigenvalue weighted by Gasteiger charge is -2.15. The molecule has 0 aliphatic rings. The van der Waals surface area contributed by atoms with E-state index in [2.05, 4.69) is 537 Å². The minimum absolute atomic E-state index is 1.15. The molecule has 9 heterocycles. The molecule has 32 aromatic rings. The van der Waals surface area contributed by atoms with E-state index in [1.54, 1.807) is 0 Å². The first-order valence-corrected chi connectivity index (χ1v) is 52.0. The van der Waals surface area contributed by atoms with Crippen LogP contribution in [-0.2, 0) is 0 Å². The molecule has 676 valence electrons. The van der Waals surface area contributed by atoms with Crippen LogP contribution in [0.4, 0.5) is 0 Å². The molecule has 23 aromatic carbocycles. The number of nitrogens with zero attached hydrogens (tertiary/aromatic N) is 6. The minimum atomic E-state index is 1.15. The fraction of sp³-hybridized carbons (Fsp3) is 0. The Morgan fingerprint density at radius 1 is 0.131 bits per heavy atom. The molecular formula is C136H84N6S3. The molecule has 9 aromatic heterocycles. The van der Waals surface area contributed by atoms with Crippen LogP contribution < -0.4 is 0 Å². The maximum Gasteiger partial charge on any atom is 0.0568 e. The topological polar surface area (TPSA) is 29.6 Å². The summed E-state index contributed by atoms with van der Waals surface area (Å²) in [6, 6.07) is 186. The summed E-state index contributed by atoms with van der Waals surface area (Å²) in [5, 5.41) is 25.8. The highest BCUT2D eigenvalue weighted by atomic mass is 32.1. The highest BCUT2D eigenvalue weighted by Gasteiger charge is 2.29. The smallest absolute Gasteiger partial charge is 0.0568 e. The Labute approximate surface area is 845 Å². The van der Waals surface area contributed by atoms with Gasteiger partial charge in [-0.1, -0.05) is 352 Å². The summed E-state index contributed by atoms with van der Waals surface area (Å²) in [5.41, 5.74) is 31.6. The molecule has 0 spiro atoms. The summed E-state index contributed by atoms with van der Waals surface area (Å²) in [7, 11) is 0. The third kappa shape index (κ3) is 12.8. The lowest BCUT2D eigenvalue weighted by atomic mass is 9.94. The van der Waals surface area contributed by atoms with E-state index in [9.17, 15) is 0 Å². The molecule has 0 amide bonds. The number of hydrogen-bond acceptors (Lipinski definition) is 3. The van der Waals surface area contributed by atoms with Gasteiger partial charge in [-0.25, -0.2) is 0 Å². The van der Waals surface area contributed by atoms with Crippen molar-refractivity contribution in [2.45, 2.75) is 0 Å². The predicted octanol–water partition coefficient (Wildman–Crippen LogP) is 38.6. The summed E-state index contributed by atoms with van der Waals surface area (Å²) < 4.78 is 22.6. The number of rotatable bonds is 10. The van der Waals surface area contributed by atoms with Gasteiger partial charge in [0.05, 0.1) is 71.9 Å². The quantitative estimate of drug-likeness (QED) is 0.131. The first-order chi connectivity index (χ1) is 72.0. The number of fused-ring (bicyclic) bond motifs is 29. The first kappa shape index (κ1) is 82.7. The average Bonchev–Trinajstić information content (AvgIpc) is 1.53. The van der Waals surface area contributed by atoms with Crippen LogP contribution in [0, 0.1) is 0 Å². The lowest BCUT2D eigenvalue weighted by molar-refractivity contribution is 1.16. The number of benzene rings is 23. The molecule has 145 heavy (non-hydrogen) atoms. The van der Waals surface area contributed by atoms with Crippen LogP contribution in [0.5, 0.6) is 0 Å². The van der Waals surface area contributed by atoms with Crippen molar-refractivity contribution in [1.29, 1.82) is 0 Å². The second kappa shape index (κ2) is 33.2. The van der Waals surface area contributed by atoms with E-state index in [1.807, 2.05) is 34.0 Å². The first-order valence-electron chi connectivity index (χ1n) is 49.6. The van der Waals surface area contributed by atoms with Gasteiger partial charge in [0, 0.05) is 170 Å². The molecule has 0 fully saturated rings. The Kier molecular flexibility index (Phi) is 18.9. The molecule has 0 atom stereocenters. The van der Waals surface area contributed by atoms with E-state index in [0.717, 1.165) is 17.1 Å². The van der Waals surface area contributed by atoms with Gasteiger partial charge in [-0.05, 0) is 196 Å². The van der Waals surface area contributed by atoms with Gasteiger partial charge in [0.25, 0.3) is 0 Å². The number of aromatic nitrogens is 6. The maximum absolute atomic E-state index is 2.49. The molecule has 0 unspecified atom stereocenters. The zero-order chi connectivity index (χ0) is 95.0. The van der Waals surface area contributed by atoms with Crippen LogP contribution in [-0.4, -0.2) is 27.4 Å². The van der Waals surface area contributed by atoms with Crippen LogP contribution in [0.15, 0.2) is 510 Å². The number of hydrogen-bond donors (Lipinski definition) is 0. The molecule has 0 saturated heterocycles. The minimum Gasteiger partial charge on any atom is -0.309 e. The van der Waals surface area contributed by atoms with Crippen molar-refractivity contribution < 1.29 is 0 Å². The van der Waals surface area contributed by atoms with Gasteiger partial charge in [0.2, 0.25) is 0 Å². The van der Waals surface area contributed by atoms with Crippen molar-refractivity contribution in [2.75, 3.05) is 0 Å². The van der Waals surface area contributed by atoms with Gasteiger partial charge in [-0.15, -0.1) is 34.0 Å². The van der Waals surface area contributed by atoms with E-state index in [1.165, 1.54) is 264 Å². The van der Waals surface area contributed by atoms with Crippen LogP contribution in [0.2, 0.25) is 0 Å². The summed E-state index contributed by atoms with van der Waals surface area (Å²) in [6.07, 6.45) is 0. The van der Waals surface area contributed by atoms with Gasteiger partial charge in [0.1, 0.15) is 0 Å². The molecule has 0 bridgehead atoms. The molecule has 9 heteroatoms. The van der Waals surface area contributed by atoms with Crippen molar-refractivity contribution in [2.24, 2.45) is 0 Å². The van der Waals surface area contributed by atoms with Crippen molar-refractivity contribution in [3.63, 3.8) is 0 Å². The fourth-order valence-corrected chi connectivity index (χ4v) is 27.6. The standard InChI is InChI=1S/C48H30N2S.C46H28N2S.C42H26N2S/c1-3-14-32(15-4-1)45-46-38-19-7-10-23-40(38)49(33-16-5-2-6-17-33)42(46)30-43-47(45)39-20-8-11-24-41(39)50(43)34-28-26-31(27-29-34)35-21-13-22-37-36-18-9-12-25-44(36)51-48(35)37;1-2-13-29(14-3-1)47-38-22-9-6-18-36(38)44-41(47)27-28-42-45(44)37-19-7-10-23-39(37)48(42)40-26-25-31(30-15-4-5-16-32(30)40)34-20-12-21-35-33-17-8-11-24-43(33)49-46(34)35;1-2-11-28(12-3-1)43-36-17-7-4-13-31(36)34-25-35-32-14-5-8-18-37(32)44(39(35)26-38(34)43)29-23-21-27(22-24-29)30-16-10-20-41-42(30)33-15-6-9-19-40(33)45-41/h1-30H;1-28H;1-26H. The van der Waals surface area contributed by atoms with Crippen LogP contribution >= 0.6 is 34.0 Å². The Morgan fingerprint density at radius 3 is 0.952 bits per heavy atom. The van der Waals surface area contributed by atoms with Gasteiger partial charge >= 0.3 is 0 Å². The second-order valence-electron chi connectivity index (χ2n) is 37.9. The number of para-hydroxylation sites is 9. The molecule has 0 aliphatic carbocycles. The molecule has 0 N–H and O–H groups in total. The van der Waals surface area contributed by atoms with Crippen molar-refractivity contribution in [3.05, 3.63) is 510 Å². The van der Waals surface area contributed by atoms with Crippen molar-refractivity contribution in [3.8, 4) is 78.6 Å². The fourth-order valence-electron chi connectivity index (χ4n) is 24.0. The summed E-state index contributed by atoms with van der Waals surface area (Å²) >= 11 is 5.65. The van der Waals surface area contributed by atoms with Crippen molar-refractivity contribution in [1.82, 2.24) is 27.4 Å². The van der Waals surface area contributed by atoms with Gasteiger partial charge in [-0.2, -0.15) is 0 Å². The van der Waals surface area contributed by atoms with E-state index >= 15 is 0 Å². The summed E-state index contributed by atoms with van der Waals surface area (Å²) in [5.74, 6) is 0. The highest BCUT2D eigenvalue weighted by Crippen LogP contribution is 2.53. The largest absolute Gasteiger partial charge is 0.309 e. The molecule has 0 saturated carbocycles. The van der Waals surface area contributed by atoms with Gasteiger partial charge in [0.15, 0.2) is 0 Å². The maximum atomic E-state index is 2.49. The van der Waals surface area contributed by atoms with Gasteiger partial charge in [-0.3, -0.25) is 0 Å². The summed E-state index contributed by atoms with van der Waals surface area (Å²) in [6.45, 7) is 0. The zero-order valence-electron chi connectivity index (χ0n) is 78.4. The third-order valence-electron chi connectivity index (χ3n) is 30.2. The van der Waals surface area contributed by atoms with Gasteiger partial charge < -0.3 is 27.4 Å². The predicted molar refractivity (Wildman–Crippen MR) is 623 cm³/mol.